The first-order chi connectivity index (χ1) is 10.0. The molecule has 38 heteroatoms. The zero-order chi connectivity index (χ0) is 22.5. The standard InChI is InChI=1S/4K.5H2O4S.5O.4Ti/c;;;;5*1-5(2,3)4;;;;;;;;;/h;;;;5*(H2,1,2,3,4);;;;;;;;;/q4*+1;;;;;;5*-2;4*+4/p-10. The molecule has 0 heterocycles. The molecule has 0 fully saturated rings. The molecule has 0 aromatic rings. The summed E-state index contributed by atoms with van der Waals surface area (Å²) in [5.74, 6) is 0. The molecular weight excluding hydrogens is 908 g/mol. The number of hydrogen-bond donors (Lipinski definition) is 0. The maximum Gasteiger partial charge on any atom is 4.00 e. The predicted octanol–water partition coefficient (Wildman–Crippen LogP) is -19.3. The van der Waals surface area contributed by atoms with E-state index in [1.807, 2.05) is 0 Å². The van der Waals surface area contributed by atoms with Crippen LogP contribution in [-0.4, -0.2) is 87.6 Å². The van der Waals surface area contributed by atoms with Crippen LogP contribution in [-0.2, 0) is 166 Å². The molecule has 25 nitrogen and oxygen atoms in total. The number of hydrogen-bond acceptors (Lipinski definition) is 20. The average Bonchev–Trinajstić information content (AvgIpc) is 1.79. The molecule has 0 aromatic carbocycles. The molecule has 0 aliphatic heterocycles. The quantitative estimate of drug-likeness (QED) is 0.124. The molecule has 0 aliphatic rings. The Labute approximate surface area is 447 Å². The summed E-state index contributed by atoms with van der Waals surface area (Å²) < 4.78 is 170. The largest absolute Gasteiger partial charge is 4.00 e. The van der Waals surface area contributed by atoms with Crippen LogP contribution < -0.4 is 206 Å². The third-order valence-electron chi connectivity index (χ3n) is 0. The molecule has 0 spiro atoms. The van der Waals surface area contributed by atoms with E-state index in [4.69, 9.17) is 87.6 Å². The Morgan fingerprint density at radius 3 is 0.237 bits per heavy atom. The van der Waals surface area contributed by atoms with Gasteiger partial charge in [0.1, 0.15) is 0 Å². The van der Waals surface area contributed by atoms with Gasteiger partial charge in [-0.3, -0.25) is 42.1 Å². The Bertz CT molecular complexity index is 646. The molecule has 0 rings (SSSR count). The maximum atomic E-state index is 8.52. The van der Waals surface area contributed by atoms with E-state index in [1.165, 1.54) is 0 Å². The summed E-state index contributed by atoms with van der Waals surface area (Å²) in [5.41, 5.74) is 0. The summed E-state index contributed by atoms with van der Waals surface area (Å²) in [7, 11) is -25.8. The van der Waals surface area contributed by atoms with Gasteiger partial charge in [-0.15, -0.1) is 0 Å². The van der Waals surface area contributed by atoms with Crippen LogP contribution in [0.2, 0.25) is 0 Å². The second-order valence-electron chi connectivity index (χ2n) is 2.04. The fraction of sp³-hybridized carbons (Fsp3) is 0. The molecule has 0 bridgehead atoms. The van der Waals surface area contributed by atoms with Gasteiger partial charge in [0.25, 0.3) is 0 Å². The first-order valence-corrected chi connectivity index (χ1v) is 10.0. The summed E-state index contributed by atoms with van der Waals surface area (Å²) >= 11 is 0. The van der Waals surface area contributed by atoms with Gasteiger partial charge in [0.15, 0.2) is 0 Å². The topological polar surface area (TPSA) is 544 Å². The van der Waals surface area contributed by atoms with Gasteiger partial charge in [-0.1, -0.05) is 0 Å². The molecule has 0 saturated carbocycles. The van der Waals surface area contributed by atoms with Gasteiger partial charge in [-0.05, 0) is 0 Å². The number of rotatable bonds is 0. The summed E-state index contributed by atoms with van der Waals surface area (Å²) in [6.45, 7) is 0. The SMILES string of the molecule is O=S(=O)([O-])[O-].O=S(=O)([O-])[O-].O=S(=O)([O-])[O-].O=S(=O)([O-])[O-].O=S(=O)([O-])[O-].[K+].[K+].[K+].[K+].[O-2].[O-2].[O-2].[O-2].[O-2].[Ti+4].[Ti+4].[Ti+4].[Ti+4]. The van der Waals surface area contributed by atoms with Gasteiger partial charge in [0, 0.05) is 52.0 Å². The van der Waals surface area contributed by atoms with Crippen molar-refractivity contribution in [1.29, 1.82) is 0 Å². The zero-order valence-electron chi connectivity index (χ0n) is 18.2. The van der Waals surface area contributed by atoms with Gasteiger partial charge < -0.3 is 72.9 Å². The van der Waals surface area contributed by atoms with Crippen LogP contribution in [0.5, 0.6) is 0 Å². The Kier molecular flexibility index (Phi) is 190. The van der Waals surface area contributed by atoms with Crippen LogP contribution in [0.15, 0.2) is 0 Å². The summed E-state index contributed by atoms with van der Waals surface area (Å²) in [4.78, 5) is 0. The molecule has 0 N–H and O–H groups in total. The van der Waals surface area contributed by atoms with Crippen molar-refractivity contribution in [2.45, 2.75) is 0 Å². The Hall–Kier alpha value is 8.55. The second kappa shape index (κ2) is 60.8. The van der Waals surface area contributed by atoms with Crippen molar-refractivity contribution in [3.8, 4) is 0 Å². The summed E-state index contributed by atoms with van der Waals surface area (Å²) in [5, 5.41) is 0. The van der Waals surface area contributed by atoms with Crippen LogP contribution in [0.25, 0.3) is 0 Å². The zero-order valence-corrected chi connectivity index (χ0v) is 41.1. The van der Waals surface area contributed by atoms with Crippen LogP contribution in [0.3, 0.4) is 0 Å². The van der Waals surface area contributed by atoms with E-state index in [0.29, 0.717) is 0 Å². The molecule has 0 radical (unpaired) electrons. The van der Waals surface area contributed by atoms with Gasteiger partial charge in [-0.2, -0.15) is 0 Å². The second-order valence-corrected chi connectivity index (χ2v) is 6.12. The Morgan fingerprint density at radius 2 is 0.237 bits per heavy atom. The van der Waals surface area contributed by atoms with Crippen LogP contribution in [0.1, 0.15) is 0 Å². The minimum absolute atomic E-state index is 0. The van der Waals surface area contributed by atoms with Crippen LogP contribution >= 0.6 is 0 Å². The minimum Gasteiger partial charge on any atom is -2.00 e. The molecule has 0 atom stereocenters. The summed E-state index contributed by atoms with van der Waals surface area (Å²) in [6.07, 6.45) is 0. The Morgan fingerprint density at radius 1 is 0.237 bits per heavy atom. The van der Waals surface area contributed by atoms with Gasteiger partial charge in [0.2, 0.25) is 0 Å². The average molecular weight is 908 g/mol. The molecule has 38 heavy (non-hydrogen) atoms. The minimum atomic E-state index is -5.17. The maximum absolute atomic E-state index is 8.52. The van der Waals surface area contributed by atoms with Crippen molar-refractivity contribution in [2.75, 3.05) is 0 Å². The Balaban J connectivity index is -0.00000000758. The predicted molar refractivity (Wildman–Crippen MR) is 55.8 cm³/mol. The van der Waals surface area contributed by atoms with Crippen molar-refractivity contribution < 1.29 is 407 Å². The van der Waals surface area contributed by atoms with Crippen LogP contribution in [0, 0.1) is 0 Å². The van der Waals surface area contributed by atoms with E-state index in [-0.39, 0.29) is 320 Å². The van der Waals surface area contributed by atoms with E-state index in [0.717, 1.165) is 0 Å². The van der Waals surface area contributed by atoms with Crippen LogP contribution in [0.4, 0.5) is 0 Å². The molecule has 0 saturated heterocycles. The van der Waals surface area contributed by atoms with Gasteiger partial charge in [0.05, 0.1) is 0 Å². The first-order valence-electron chi connectivity index (χ1n) is 3.33. The van der Waals surface area contributed by atoms with Crippen molar-refractivity contribution >= 4 is 52.0 Å². The van der Waals surface area contributed by atoms with Crippen molar-refractivity contribution in [3.63, 3.8) is 0 Å². The van der Waals surface area contributed by atoms with E-state index in [9.17, 15) is 0 Å². The smallest absolute Gasteiger partial charge is 2.00 e. The molecule has 0 aliphatic carbocycles. The van der Waals surface area contributed by atoms with Gasteiger partial charge in [-0.25, -0.2) is 0 Å². The molecular formula is K4O25S5Ti4. The van der Waals surface area contributed by atoms with Crippen molar-refractivity contribution in [2.24, 2.45) is 0 Å². The normalized spacial score (nSPS) is 7.63. The third-order valence-corrected chi connectivity index (χ3v) is 0. The van der Waals surface area contributed by atoms with Crippen molar-refractivity contribution in [1.82, 2.24) is 0 Å². The molecule has 200 valence electrons. The van der Waals surface area contributed by atoms with E-state index < -0.39 is 52.0 Å². The van der Waals surface area contributed by atoms with Crippen molar-refractivity contribution in [3.05, 3.63) is 0 Å². The fourth-order valence-corrected chi connectivity index (χ4v) is 0. The fourth-order valence-electron chi connectivity index (χ4n) is 0. The van der Waals surface area contributed by atoms with E-state index in [1.54, 1.807) is 0 Å². The monoisotopic (exact) mass is 907 g/mol. The molecule has 0 aromatic heterocycles. The summed E-state index contributed by atoms with van der Waals surface area (Å²) in [6, 6.07) is 0. The third kappa shape index (κ3) is 1160. The van der Waals surface area contributed by atoms with E-state index >= 15 is 0 Å². The molecule has 0 unspecified atom stereocenters. The van der Waals surface area contributed by atoms with Gasteiger partial charge >= 0.3 is 292 Å². The molecule has 0 amide bonds. The first kappa shape index (κ1) is 118. The van der Waals surface area contributed by atoms with E-state index in [2.05, 4.69) is 0 Å².